The van der Waals surface area contributed by atoms with E-state index in [2.05, 4.69) is 20.5 Å². The summed E-state index contributed by atoms with van der Waals surface area (Å²) >= 11 is 0. The Labute approximate surface area is 131 Å². The number of benzene rings is 1. The van der Waals surface area contributed by atoms with Crippen molar-refractivity contribution in [2.45, 2.75) is 6.61 Å². The largest absolute Gasteiger partial charge is 0.483 e. The number of nitrogens with one attached hydrogen (secondary N) is 3. The van der Waals surface area contributed by atoms with E-state index in [-0.39, 0.29) is 23.5 Å². The van der Waals surface area contributed by atoms with Gasteiger partial charge in [0.1, 0.15) is 18.1 Å². The van der Waals surface area contributed by atoms with Gasteiger partial charge in [-0.1, -0.05) is 30.3 Å². The summed E-state index contributed by atoms with van der Waals surface area (Å²) in [5.74, 6) is 0.160. The maximum atomic E-state index is 12.0. The number of hydrogen-bond donors (Lipinski definition) is 3. The molecule has 0 bridgehead atoms. The van der Waals surface area contributed by atoms with Crippen molar-refractivity contribution in [2.75, 3.05) is 5.32 Å². The minimum atomic E-state index is -0.444. The zero-order chi connectivity index (χ0) is 16.1. The highest BCUT2D eigenvalue weighted by Crippen LogP contribution is 2.08. The summed E-state index contributed by atoms with van der Waals surface area (Å²) in [6.07, 6.45) is 2.89. The van der Waals surface area contributed by atoms with Crippen LogP contribution in [-0.4, -0.2) is 21.1 Å². The first-order chi connectivity index (χ1) is 11.2. The number of amides is 1. The molecule has 0 fully saturated rings. The minimum Gasteiger partial charge on any atom is -0.483 e. The van der Waals surface area contributed by atoms with E-state index in [9.17, 15) is 9.59 Å². The summed E-state index contributed by atoms with van der Waals surface area (Å²) in [7, 11) is 0. The second-order valence-electron chi connectivity index (χ2n) is 4.77. The number of carbonyl (C=O) groups excluding carboxylic acids is 1. The fourth-order valence-corrected chi connectivity index (χ4v) is 1.95. The van der Waals surface area contributed by atoms with Gasteiger partial charge in [-0.25, -0.2) is 0 Å². The average molecular weight is 310 g/mol. The first kappa shape index (κ1) is 14.6. The third-order valence-corrected chi connectivity index (χ3v) is 3.11. The number of aromatic amines is 2. The van der Waals surface area contributed by atoms with Crippen molar-refractivity contribution in [2.24, 2.45) is 0 Å². The zero-order valence-electron chi connectivity index (χ0n) is 12.1. The van der Waals surface area contributed by atoms with Gasteiger partial charge >= 0.3 is 0 Å². The molecule has 23 heavy (non-hydrogen) atoms. The maximum absolute atomic E-state index is 12.0. The topological polar surface area (TPSA) is 99.9 Å². The third kappa shape index (κ3) is 3.65. The highest BCUT2D eigenvalue weighted by molar-refractivity contribution is 6.02. The van der Waals surface area contributed by atoms with Crippen LogP contribution in [-0.2, 0) is 6.61 Å². The Bertz CT molecular complexity index is 841. The minimum absolute atomic E-state index is 0.136. The summed E-state index contributed by atoms with van der Waals surface area (Å²) in [5, 5.41) is 8.90. The summed E-state index contributed by atoms with van der Waals surface area (Å²) in [6.45, 7) is 0.281. The fraction of sp³-hybridized carbons (Fsp3) is 0.0625. The fourth-order valence-electron chi connectivity index (χ4n) is 1.95. The Morgan fingerprint density at radius 1 is 1.22 bits per heavy atom. The molecule has 116 valence electrons. The number of pyridine rings is 1. The lowest BCUT2D eigenvalue weighted by molar-refractivity contribution is 0.102. The van der Waals surface area contributed by atoms with Crippen LogP contribution in [0.2, 0.25) is 0 Å². The molecule has 1 aromatic carbocycles. The van der Waals surface area contributed by atoms with Gasteiger partial charge < -0.3 is 15.0 Å². The Morgan fingerprint density at radius 3 is 2.74 bits per heavy atom. The Kier molecular flexibility index (Phi) is 4.19. The summed E-state index contributed by atoms with van der Waals surface area (Å²) in [6, 6.07) is 12.3. The highest BCUT2D eigenvalue weighted by Gasteiger charge is 2.10. The molecule has 2 aromatic heterocycles. The van der Waals surface area contributed by atoms with E-state index >= 15 is 0 Å². The predicted octanol–water partition coefficient (Wildman–Crippen LogP) is 1.93. The maximum Gasteiger partial charge on any atom is 0.273 e. The number of H-pyrrole nitrogens is 2. The van der Waals surface area contributed by atoms with Crippen molar-refractivity contribution in [1.82, 2.24) is 15.2 Å². The standard InChI is InChI=1S/C16H14N4O3/c21-13-8-12(16(22)19-15-6-7-18-20-15)17-9-14(13)23-10-11-4-2-1-3-5-11/h1-9H,10H2,(H,17,21)(H2,18,19,20,22). The van der Waals surface area contributed by atoms with Crippen LogP contribution in [0.3, 0.4) is 0 Å². The molecule has 3 N–H and O–H groups in total. The van der Waals surface area contributed by atoms with E-state index in [1.807, 2.05) is 30.3 Å². The van der Waals surface area contributed by atoms with Crippen molar-refractivity contribution in [1.29, 1.82) is 0 Å². The van der Waals surface area contributed by atoms with Gasteiger partial charge in [-0.05, 0) is 5.56 Å². The van der Waals surface area contributed by atoms with Crippen LogP contribution >= 0.6 is 0 Å². The second-order valence-corrected chi connectivity index (χ2v) is 4.77. The number of ether oxygens (including phenoxy) is 1. The zero-order valence-corrected chi connectivity index (χ0v) is 12.1. The van der Waals surface area contributed by atoms with Crippen molar-refractivity contribution < 1.29 is 9.53 Å². The second kappa shape index (κ2) is 6.61. The summed E-state index contributed by atoms with van der Waals surface area (Å²) < 4.78 is 5.47. The number of hydrogen-bond acceptors (Lipinski definition) is 4. The highest BCUT2D eigenvalue weighted by atomic mass is 16.5. The molecule has 0 unspecified atom stereocenters. The molecule has 0 spiro atoms. The van der Waals surface area contributed by atoms with Crippen LogP contribution in [0.15, 0.2) is 59.7 Å². The van der Waals surface area contributed by atoms with E-state index in [0.29, 0.717) is 5.82 Å². The lowest BCUT2D eigenvalue weighted by Crippen LogP contribution is -2.18. The molecule has 2 heterocycles. The van der Waals surface area contributed by atoms with Crippen LogP contribution in [0, 0.1) is 0 Å². The molecular formula is C16H14N4O3. The van der Waals surface area contributed by atoms with E-state index < -0.39 is 5.91 Å². The SMILES string of the molecule is O=C(Nc1ccn[nH]1)c1cc(=O)c(OCc2ccccc2)c[nH]1. The van der Waals surface area contributed by atoms with Gasteiger partial charge in [0, 0.05) is 18.3 Å². The number of carbonyl (C=O) groups is 1. The molecule has 3 rings (SSSR count). The van der Waals surface area contributed by atoms with Crippen LogP contribution in [0.1, 0.15) is 16.1 Å². The Hall–Kier alpha value is -3.35. The van der Waals surface area contributed by atoms with Gasteiger partial charge in [-0.3, -0.25) is 14.7 Å². The molecule has 0 radical (unpaired) electrons. The molecule has 0 saturated carbocycles. The van der Waals surface area contributed by atoms with E-state index in [1.165, 1.54) is 18.5 Å². The first-order valence-corrected chi connectivity index (χ1v) is 6.92. The molecule has 7 nitrogen and oxygen atoms in total. The molecule has 0 aliphatic rings. The predicted molar refractivity (Wildman–Crippen MR) is 84.4 cm³/mol. The lowest BCUT2D eigenvalue weighted by Gasteiger charge is -2.07. The smallest absolute Gasteiger partial charge is 0.273 e. The number of aromatic nitrogens is 3. The third-order valence-electron chi connectivity index (χ3n) is 3.11. The normalized spacial score (nSPS) is 10.3. The quantitative estimate of drug-likeness (QED) is 0.670. The average Bonchev–Trinajstić information content (AvgIpc) is 3.07. The van der Waals surface area contributed by atoms with Gasteiger partial charge in [0.25, 0.3) is 5.91 Å². The molecule has 1 amide bonds. The number of rotatable bonds is 5. The molecule has 0 aliphatic heterocycles. The van der Waals surface area contributed by atoms with Gasteiger partial charge in [-0.15, -0.1) is 0 Å². The van der Waals surface area contributed by atoms with E-state index in [1.54, 1.807) is 6.07 Å². The van der Waals surface area contributed by atoms with Crippen LogP contribution in [0.25, 0.3) is 0 Å². The molecule has 7 heteroatoms. The van der Waals surface area contributed by atoms with Crippen molar-refractivity contribution in [3.8, 4) is 5.75 Å². The van der Waals surface area contributed by atoms with E-state index in [0.717, 1.165) is 5.56 Å². The molecule has 0 aliphatic carbocycles. The van der Waals surface area contributed by atoms with Gasteiger partial charge in [-0.2, -0.15) is 5.10 Å². The number of anilines is 1. The van der Waals surface area contributed by atoms with Crippen LogP contribution < -0.4 is 15.5 Å². The van der Waals surface area contributed by atoms with Crippen LogP contribution in [0.5, 0.6) is 5.75 Å². The van der Waals surface area contributed by atoms with Crippen LogP contribution in [0.4, 0.5) is 5.82 Å². The molecule has 3 aromatic rings. The summed E-state index contributed by atoms with van der Waals surface area (Å²) in [4.78, 5) is 26.8. The monoisotopic (exact) mass is 310 g/mol. The summed E-state index contributed by atoms with van der Waals surface area (Å²) in [5.41, 5.74) is 0.721. The van der Waals surface area contributed by atoms with Crippen molar-refractivity contribution in [3.63, 3.8) is 0 Å². The Balaban J connectivity index is 1.68. The van der Waals surface area contributed by atoms with E-state index in [4.69, 9.17) is 4.74 Å². The van der Waals surface area contributed by atoms with Crippen molar-refractivity contribution >= 4 is 11.7 Å². The van der Waals surface area contributed by atoms with Crippen molar-refractivity contribution in [3.05, 3.63) is 76.3 Å². The number of nitrogens with zero attached hydrogens (tertiary/aromatic N) is 1. The van der Waals surface area contributed by atoms with Gasteiger partial charge in [0.15, 0.2) is 5.75 Å². The molecule has 0 atom stereocenters. The molecule has 0 saturated heterocycles. The Morgan fingerprint density at radius 2 is 2.04 bits per heavy atom. The van der Waals surface area contributed by atoms with Gasteiger partial charge in [0.05, 0.1) is 6.20 Å². The lowest BCUT2D eigenvalue weighted by atomic mass is 10.2. The van der Waals surface area contributed by atoms with Gasteiger partial charge in [0.2, 0.25) is 5.43 Å². The molecular weight excluding hydrogens is 296 g/mol. The first-order valence-electron chi connectivity index (χ1n) is 6.92.